The minimum atomic E-state index is -0.763. The molecule has 1 aliphatic heterocycles. The summed E-state index contributed by atoms with van der Waals surface area (Å²) >= 11 is 0. The molecule has 1 saturated carbocycles. The summed E-state index contributed by atoms with van der Waals surface area (Å²) in [6.07, 6.45) is 8.59. The number of carboxylic acid groups (broad SMARTS) is 1. The molecule has 1 saturated heterocycles. The van der Waals surface area contributed by atoms with Crippen molar-refractivity contribution >= 4 is 5.97 Å². The Morgan fingerprint density at radius 1 is 1.35 bits per heavy atom. The molecule has 0 radical (unpaired) electrons. The highest BCUT2D eigenvalue weighted by atomic mass is 16.4. The van der Waals surface area contributed by atoms with Crippen LogP contribution in [0.4, 0.5) is 0 Å². The van der Waals surface area contributed by atoms with Gasteiger partial charge in [-0.1, -0.05) is 19.8 Å². The lowest BCUT2D eigenvalue weighted by Crippen LogP contribution is -2.49. The summed E-state index contributed by atoms with van der Waals surface area (Å²) in [5.74, 6) is 0.194. The number of rotatable bonds is 7. The smallest absolute Gasteiger partial charge is 0.323 e. The predicted octanol–water partition coefficient (Wildman–Crippen LogP) is 2.48. The zero-order valence-electron chi connectivity index (χ0n) is 13.0. The van der Waals surface area contributed by atoms with Crippen LogP contribution in [0, 0.1) is 5.92 Å². The second-order valence-corrected chi connectivity index (χ2v) is 6.71. The Hall–Kier alpha value is -0.610. The Labute approximate surface area is 122 Å². The van der Waals surface area contributed by atoms with Crippen LogP contribution in [-0.2, 0) is 4.79 Å². The first-order chi connectivity index (χ1) is 9.57. The molecule has 2 rings (SSSR count). The topological polar surface area (TPSA) is 52.6 Å². The van der Waals surface area contributed by atoms with Crippen molar-refractivity contribution in [1.82, 2.24) is 10.2 Å². The molecule has 3 unspecified atom stereocenters. The van der Waals surface area contributed by atoms with E-state index in [1.165, 1.54) is 38.6 Å². The summed E-state index contributed by atoms with van der Waals surface area (Å²) in [6, 6.07) is 0.791. The fourth-order valence-electron chi connectivity index (χ4n) is 4.08. The molecule has 4 nitrogen and oxygen atoms in total. The number of carboxylic acids is 1. The lowest BCUT2D eigenvalue weighted by molar-refractivity contribution is -0.144. The average molecular weight is 282 g/mol. The fourth-order valence-corrected chi connectivity index (χ4v) is 4.08. The average Bonchev–Trinajstić information content (AvgIpc) is 2.82. The zero-order chi connectivity index (χ0) is 14.6. The molecule has 0 aromatic carbocycles. The highest BCUT2D eigenvalue weighted by molar-refractivity contribution is 5.78. The van der Waals surface area contributed by atoms with E-state index < -0.39 is 11.5 Å². The maximum Gasteiger partial charge on any atom is 0.323 e. The van der Waals surface area contributed by atoms with Crippen LogP contribution in [0.3, 0.4) is 0 Å². The Morgan fingerprint density at radius 2 is 2.10 bits per heavy atom. The van der Waals surface area contributed by atoms with Crippen molar-refractivity contribution in [3.8, 4) is 0 Å². The first-order valence-electron chi connectivity index (χ1n) is 8.29. The number of aliphatic carboxylic acids is 1. The fraction of sp³-hybridized carbons (Fsp3) is 0.938. The third-order valence-corrected chi connectivity index (χ3v) is 5.29. The number of carbonyl (C=O) groups is 1. The zero-order valence-corrected chi connectivity index (χ0v) is 13.0. The van der Waals surface area contributed by atoms with Crippen molar-refractivity contribution in [3.05, 3.63) is 0 Å². The van der Waals surface area contributed by atoms with E-state index in [9.17, 15) is 9.90 Å². The monoisotopic (exact) mass is 282 g/mol. The van der Waals surface area contributed by atoms with E-state index in [0.717, 1.165) is 24.9 Å². The largest absolute Gasteiger partial charge is 0.480 e. The Bertz CT molecular complexity index is 334. The molecule has 20 heavy (non-hydrogen) atoms. The van der Waals surface area contributed by atoms with Crippen molar-refractivity contribution in [2.45, 2.75) is 70.4 Å². The van der Waals surface area contributed by atoms with Gasteiger partial charge in [-0.3, -0.25) is 4.79 Å². The predicted molar refractivity (Wildman–Crippen MR) is 80.9 cm³/mol. The molecular formula is C16H30N2O2. The lowest BCUT2D eigenvalue weighted by atomic mass is 9.85. The second-order valence-electron chi connectivity index (χ2n) is 6.71. The molecule has 2 aliphatic rings. The molecular weight excluding hydrogens is 252 g/mol. The van der Waals surface area contributed by atoms with E-state index in [0.29, 0.717) is 13.0 Å². The van der Waals surface area contributed by atoms with Gasteiger partial charge in [-0.25, -0.2) is 0 Å². The standard InChI is InChI=1S/C16H30N2O2/c1-3-17-16(2,15(19)20)10-6-11-18-12-9-13-7-4-5-8-14(13)18/h13-14,17H,3-12H2,1-2H3,(H,19,20). The molecule has 3 atom stereocenters. The number of hydrogen-bond donors (Lipinski definition) is 2. The highest BCUT2D eigenvalue weighted by Gasteiger charge is 2.36. The maximum atomic E-state index is 11.4. The molecule has 0 amide bonds. The summed E-state index contributed by atoms with van der Waals surface area (Å²) in [7, 11) is 0. The molecule has 116 valence electrons. The maximum absolute atomic E-state index is 11.4. The minimum Gasteiger partial charge on any atom is -0.480 e. The van der Waals surface area contributed by atoms with Crippen LogP contribution in [-0.4, -0.2) is 47.2 Å². The normalized spacial score (nSPS) is 29.9. The van der Waals surface area contributed by atoms with Crippen LogP contribution >= 0.6 is 0 Å². The quantitative estimate of drug-likeness (QED) is 0.753. The van der Waals surface area contributed by atoms with Gasteiger partial charge in [0.05, 0.1) is 0 Å². The molecule has 0 bridgehead atoms. The molecule has 4 heteroatoms. The highest BCUT2D eigenvalue weighted by Crippen LogP contribution is 2.36. The van der Waals surface area contributed by atoms with Gasteiger partial charge in [0.2, 0.25) is 0 Å². The Balaban J connectivity index is 1.79. The number of nitrogens with zero attached hydrogens (tertiary/aromatic N) is 1. The SMILES string of the molecule is CCNC(C)(CCCN1CCC2CCCCC21)C(=O)O. The van der Waals surface area contributed by atoms with Gasteiger partial charge in [0.25, 0.3) is 0 Å². The Kier molecular flexibility index (Phi) is 5.44. The van der Waals surface area contributed by atoms with E-state index >= 15 is 0 Å². The molecule has 1 heterocycles. The molecule has 0 spiro atoms. The first-order valence-corrected chi connectivity index (χ1v) is 8.29. The number of hydrogen-bond acceptors (Lipinski definition) is 3. The number of nitrogens with one attached hydrogen (secondary N) is 1. The second kappa shape index (κ2) is 6.90. The van der Waals surface area contributed by atoms with Gasteiger partial charge in [-0.05, 0) is 64.6 Å². The molecule has 2 fully saturated rings. The summed E-state index contributed by atoms with van der Waals surface area (Å²) in [4.78, 5) is 14.0. The van der Waals surface area contributed by atoms with Crippen molar-refractivity contribution in [2.24, 2.45) is 5.92 Å². The first kappa shape index (κ1) is 15.8. The van der Waals surface area contributed by atoms with E-state index in [1.54, 1.807) is 0 Å². The summed E-state index contributed by atoms with van der Waals surface area (Å²) < 4.78 is 0. The lowest BCUT2D eigenvalue weighted by Gasteiger charge is -2.32. The number of likely N-dealkylation sites (tertiary alicyclic amines) is 1. The van der Waals surface area contributed by atoms with E-state index in [-0.39, 0.29) is 0 Å². The van der Waals surface area contributed by atoms with Gasteiger partial charge in [0.15, 0.2) is 0 Å². The van der Waals surface area contributed by atoms with Crippen LogP contribution < -0.4 is 5.32 Å². The van der Waals surface area contributed by atoms with Gasteiger partial charge < -0.3 is 15.3 Å². The Morgan fingerprint density at radius 3 is 2.80 bits per heavy atom. The van der Waals surface area contributed by atoms with Gasteiger partial charge in [0, 0.05) is 6.04 Å². The third-order valence-electron chi connectivity index (χ3n) is 5.29. The summed E-state index contributed by atoms with van der Waals surface area (Å²) in [5.41, 5.74) is -0.763. The van der Waals surface area contributed by atoms with Gasteiger partial charge >= 0.3 is 5.97 Å². The van der Waals surface area contributed by atoms with E-state index in [4.69, 9.17) is 0 Å². The molecule has 2 N–H and O–H groups in total. The van der Waals surface area contributed by atoms with Crippen LogP contribution in [0.25, 0.3) is 0 Å². The number of likely N-dealkylation sites (N-methyl/N-ethyl adjacent to an activating group) is 1. The van der Waals surface area contributed by atoms with Gasteiger partial charge in [-0.2, -0.15) is 0 Å². The van der Waals surface area contributed by atoms with Crippen LogP contribution in [0.5, 0.6) is 0 Å². The minimum absolute atomic E-state index is 0.706. The van der Waals surface area contributed by atoms with Crippen molar-refractivity contribution in [1.29, 1.82) is 0 Å². The van der Waals surface area contributed by atoms with Gasteiger partial charge in [-0.15, -0.1) is 0 Å². The summed E-state index contributed by atoms with van der Waals surface area (Å²) in [5, 5.41) is 12.5. The van der Waals surface area contributed by atoms with Crippen molar-refractivity contribution in [3.63, 3.8) is 0 Å². The van der Waals surface area contributed by atoms with Crippen LogP contribution in [0.15, 0.2) is 0 Å². The molecule has 1 aliphatic carbocycles. The van der Waals surface area contributed by atoms with Crippen molar-refractivity contribution in [2.75, 3.05) is 19.6 Å². The number of fused-ring (bicyclic) bond motifs is 1. The third kappa shape index (κ3) is 3.53. The van der Waals surface area contributed by atoms with Gasteiger partial charge in [0.1, 0.15) is 5.54 Å². The summed E-state index contributed by atoms with van der Waals surface area (Å²) in [6.45, 7) is 6.77. The van der Waals surface area contributed by atoms with Crippen LogP contribution in [0.2, 0.25) is 0 Å². The molecule has 0 aromatic rings. The molecule has 0 aromatic heterocycles. The van der Waals surface area contributed by atoms with Crippen LogP contribution in [0.1, 0.15) is 58.8 Å². The van der Waals surface area contributed by atoms with E-state index in [2.05, 4.69) is 10.2 Å². The van der Waals surface area contributed by atoms with E-state index in [1.807, 2.05) is 13.8 Å². The van der Waals surface area contributed by atoms with Crippen molar-refractivity contribution < 1.29 is 9.90 Å².